The van der Waals surface area contributed by atoms with Crippen LogP contribution in [0, 0.1) is 13.8 Å². The van der Waals surface area contributed by atoms with Crippen LogP contribution in [0.15, 0.2) is 51.7 Å². The van der Waals surface area contributed by atoms with Gasteiger partial charge in [-0.25, -0.2) is 0 Å². The van der Waals surface area contributed by atoms with Crippen molar-refractivity contribution in [3.05, 3.63) is 69.4 Å². The van der Waals surface area contributed by atoms with Crippen molar-refractivity contribution in [2.75, 3.05) is 20.3 Å². The lowest BCUT2D eigenvalue weighted by molar-refractivity contribution is 0.0948. The number of carbonyl (C=O) groups excluding carboxylic acids is 1. The number of ether oxygens (including phenoxy) is 1. The highest BCUT2D eigenvalue weighted by Gasteiger charge is 2.11. The first-order chi connectivity index (χ1) is 13.0. The molecule has 1 heterocycles. The summed E-state index contributed by atoms with van der Waals surface area (Å²) in [6.07, 6.45) is 0.765. The minimum absolute atomic E-state index is 0.0713. The Morgan fingerprint density at radius 2 is 1.85 bits per heavy atom. The Balaban J connectivity index is 1.85. The summed E-state index contributed by atoms with van der Waals surface area (Å²) >= 11 is 0. The van der Waals surface area contributed by atoms with E-state index in [4.69, 9.17) is 9.15 Å². The summed E-state index contributed by atoms with van der Waals surface area (Å²) in [6.45, 7) is 5.06. The Morgan fingerprint density at radius 3 is 2.56 bits per heavy atom. The molecule has 140 valence electrons. The highest BCUT2D eigenvalue weighted by molar-refractivity contribution is 5.94. The maximum Gasteiger partial charge on any atom is 0.251 e. The number of hydrogen-bond donors (Lipinski definition) is 1. The molecule has 3 aromatic rings. The topological polar surface area (TPSA) is 68.5 Å². The van der Waals surface area contributed by atoms with Crippen LogP contribution in [0.25, 0.3) is 22.3 Å². The molecule has 1 N–H and O–H groups in total. The zero-order chi connectivity index (χ0) is 19.4. The second-order valence-electron chi connectivity index (χ2n) is 6.61. The van der Waals surface area contributed by atoms with Crippen LogP contribution in [0.2, 0.25) is 0 Å². The molecule has 0 radical (unpaired) electrons. The van der Waals surface area contributed by atoms with Crippen LogP contribution in [-0.4, -0.2) is 26.2 Å². The number of benzene rings is 2. The van der Waals surface area contributed by atoms with E-state index < -0.39 is 0 Å². The Kier molecular flexibility index (Phi) is 5.72. The lowest BCUT2D eigenvalue weighted by Gasteiger charge is -2.08. The van der Waals surface area contributed by atoms with Crippen LogP contribution in [-0.2, 0) is 4.74 Å². The first kappa shape index (κ1) is 18.9. The lowest BCUT2D eigenvalue weighted by atomic mass is 10.1. The number of rotatable bonds is 6. The van der Waals surface area contributed by atoms with E-state index in [1.807, 2.05) is 26.0 Å². The van der Waals surface area contributed by atoms with E-state index in [0.717, 1.165) is 23.1 Å². The van der Waals surface area contributed by atoms with Gasteiger partial charge >= 0.3 is 0 Å². The molecule has 5 heteroatoms. The van der Waals surface area contributed by atoms with Gasteiger partial charge in [0.2, 0.25) is 0 Å². The first-order valence-electron chi connectivity index (χ1n) is 8.92. The molecule has 0 saturated heterocycles. The van der Waals surface area contributed by atoms with Crippen LogP contribution in [0.1, 0.15) is 27.9 Å². The minimum atomic E-state index is -0.135. The van der Waals surface area contributed by atoms with Gasteiger partial charge in [-0.1, -0.05) is 18.2 Å². The Bertz CT molecular complexity index is 1020. The summed E-state index contributed by atoms with van der Waals surface area (Å²) in [4.78, 5) is 24.6. The van der Waals surface area contributed by atoms with Gasteiger partial charge in [0.1, 0.15) is 11.3 Å². The van der Waals surface area contributed by atoms with Crippen LogP contribution in [0.3, 0.4) is 0 Å². The number of methoxy groups -OCH3 is 1. The number of amides is 1. The molecule has 0 bridgehead atoms. The van der Waals surface area contributed by atoms with Crippen molar-refractivity contribution in [2.45, 2.75) is 20.3 Å². The third-order valence-corrected chi connectivity index (χ3v) is 4.40. The van der Waals surface area contributed by atoms with E-state index in [1.54, 1.807) is 31.4 Å². The van der Waals surface area contributed by atoms with Gasteiger partial charge in [0, 0.05) is 37.5 Å². The highest BCUT2D eigenvalue weighted by Crippen LogP contribution is 2.25. The average Bonchev–Trinajstić information content (AvgIpc) is 2.66. The van der Waals surface area contributed by atoms with Gasteiger partial charge in [0.25, 0.3) is 5.91 Å². The predicted molar refractivity (Wildman–Crippen MR) is 106 cm³/mol. The first-order valence-corrected chi connectivity index (χ1v) is 8.92. The van der Waals surface area contributed by atoms with Crippen molar-refractivity contribution in [3.63, 3.8) is 0 Å². The summed E-state index contributed by atoms with van der Waals surface area (Å²) in [6, 6.07) is 12.4. The van der Waals surface area contributed by atoms with E-state index >= 15 is 0 Å². The minimum Gasteiger partial charge on any atom is -0.456 e. The summed E-state index contributed by atoms with van der Waals surface area (Å²) in [5.74, 6) is 0.357. The molecule has 0 aliphatic heterocycles. The molecule has 0 aliphatic rings. The predicted octanol–water partition coefficient (Wildman–Crippen LogP) is 3.84. The van der Waals surface area contributed by atoms with Crippen molar-refractivity contribution < 1.29 is 13.9 Å². The van der Waals surface area contributed by atoms with Crippen LogP contribution in [0.5, 0.6) is 0 Å². The highest BCUT2D eigenvalue weighted by atomic mass is 16.5. The summed E-state index contributed by atoms with van der Waals surface area (Å²) in [5.41, 5.74) is 3.80. The fourth-order valence-corrected chi connectivity index (χ4v) is 3.06. The largest absolute Gasteiger partial charge is 0.456 e. The monoisotopic (exact) mass is 365 g/mol. The molecule has 0 atom stereocenters. The van der Waals surface area contributed by atoms with Crippen molar-refractivity contribution in [3.8, 4) is 11.3 Å². The molecular weight excluding hydrogens is 342 g/mol. The molecule has 5 nitrogen and oxygen atoms in total. The molecule has 1 aromatic heterocycles. The maximum absolute atomic E-state index is 12.5. The molecule has 0 saturated carbocycles. The molecule has 0 spiro atoms. The molecule has 27 heavy (non-hydrogen) atoms. The number of fused-ring (bicyclic) bond motifs is 1. The smallest absolute Gasteiger partial charge is 0.251 e. The number of carbonyl (C=O) groups is 1. The van der Waals surface area contributed by atoms with Crippen LogP contribution in [0.4, 0.5) is 0 Å². The fourth-order valence-electron chi connectivity index (χ4n) is 3.06. The second-order valence-corrected chi connectivity index (χ2v) is 6.61. The average molecular weight is 365 g/mol. The van der Waals surface area contributed by atoms with E-state index in [9.17, 15) is 9.59 Å². The third kappa shape index (κ3) is 4.26. The van der Waals surface area contributed by atoms with Crippen LogP contribution < -0.4 is 10.7 Å². The number of nitrogens with one attached hydrogen (secondary N) is 1. The quantitative estimate of drug-likeness (QED) is 0.674. The Morgan fingerprint density at radius 1 is 1.11 bits per heavy atom. The zero-order valence-corrected chi connectivity index (χ0v) is 15.8. The summed E-state index contributed by atoms with van der Waals surface area (Å²) in [7, 11) is 1.63. The normalized spacial score (nSPS) is 10.9. The van der Waals surface area contributed by atoms with Gasteiger partial charge in [-0.3, -0.25) is 9.59 Å². The van der Waals surface area contributed by atoms with E-state index in [0.29, 0.717) is 35.4 Å². The van der Waals surface area contributed by atoms with E-state index in [1.165, 1.54) is 6.07 Å². The molecule has 0 unspecified atom stereocenters. The van der Waals surface area contributed by atoms with Crippen molar-refractivity contribution in [1.82, 2.24) is 5.32 Å². The SMILES string of the molecule is COCCCNC(=O)c1ccc(-c2cc(=O)c3cc(C)cc(C)c3o2)cc1. The van der Waals surface area contributed by atoms with Gasteiger partial charge in [-0.05, 0) is 49.6 Å². The standard InChI is InChI=1S/C22H23NO4/c1-14-11-15(2)21-18(12-14)19(24)13-20(27-21)16-5-7-17(8-6-16)22(25)23-9-4-10-26-3/h5-8,11-13H,4,9-10H2,1-3H3,(H,23,25). The van der Waals surface area contributed by atoms with Crippen molar-refractivity contribution >= 4 is 16.9 Å². The molecule has 3 rings (SSSR count). The molecule has 0 aliphatic carbocycles. The second kappa shape index (κ2) is 8.18. The Labute approximate surface area is 158 Å². The maximum atomic E-state index is 12.5. The zero-order valence-electron chi connectivity index (χ0n) is 15.8. The number of aryl methyl sites for hydroxylation is 2. The van der Waals surface area contributed by atoms with Crippen LogP contribution >= 0.6 is 0 Å². The van der Waals surface area contributed by atoms with Gasteiger partial charge in [-0.2, -0.15) is 0 Å². The fraction of sp³-hybridized carbons (Fsp3) is 0.273. The van der Waals surface area contributed by atoms with Gasteiger partial charge in [0.15, 0.2) is 5.43 Å². The molecular formula is C22H23NO4. The van der Waals surface area contributed by atoms with E-state index in [-0.39, 0.29) is 11.3 Å². The van der Waals surface area contributed by atoms with Gasteiger partial charge in [0.05, 0.1) is 5.39 Å². The van der Waals surface area contributed by atoms with Gasteiger partial charge in [-0.15, -0.1) is 0 Å². The molecule has 1 amide bonds. The van der Waals surface area contributed by atoms with E-state index in [2.05, 4.69) is 5.32 Å². The summed E-state index contributed by atoms with van der Waals surface area (Å²) in [5, 5.41) is 3.43. The van der Waals surface area contributed by atoms with Crippen molar-refractivity contribution in [2.24, 2.45) is 0 Å². The molecule has 2 aromatic carbocycles. The van der Waals surface area contributed by atoms with Crippen molar-refractivity contribution in [1.29, 1.82) is 0 Å². The third-order valence-electron chi connectivity index (χ3n) is 4.40. The molecule has 0 fully saturated rings. The van der Waals surface area contributed by atoms with Gasteiger partial charge < -0.3 is 14.5 Å². The number of hydrogen-bond acceptors (Lipinski definition) is 4. The Hall–Kier alpha value is -2.92. The lowest BCUT2D eigenvalue weighted by Crippen LogP contribution is -2.25. The summed E-state index contributed by atoms with van der Waals surface area (Å²) < 4.78 is 11.0.